The van der Waals surface area contributed by atoms with E-state index in [4.69, 9.17) is 4.74 Å². The molecule has 3 aromatic rings. The summed E-state index contributed by atoms with van der Waals surface area (Å²) in [7, 11) is 0. The molecule has 26 heavy (non-hydrogen) atoms. The van der Waals surface area contributed by atoms with Crippen LogP contribution in [0.15, 0.2) is 42.6 Å². The van der Waals surface area contributed by atoms with Crippen LogP contribution < -0.4 is 10.1 Å². The zero-order chi connectivity index (χ0) is 17.9. The Labute approximate surface area is 151 Å². The van der Waals surface area contributed by atoms with Crippen molar-refractivity contribution < 1.29 is 13.9 Å². The lowest BCUT2D eigenvalue weighted by atomic mass is 10.0. The van der Waals surface area contributed by atoms with Crippen LogP contribution in [-0.4, -0.2) is 24.0 Å². The van der Waals surface area contributed by atoms with Crippen LogP contribution in [0.3, 0.4) is 0 Å². The van der Waals surface area contributed by atoms with E-state index in [1.807, 2.05) is 18.3 Å². The predicted octanol–water partition coefficient (Wildman–Crippen LogP) is 3.53. The van der Waals surface area contributed by atoms with Crippen LogP contribution in [0, 0.1) is 5.82 Å². The summed E-state index contributed by atoms with van der Waals surface area (Å²) < 4.78 is 18.9. The number of aryl methyl sites for hydroxylation is 1. The van der Waals surface area contributed by atoms with Gasteiger partial charge in [-0.25, -0.2) is 4.39 Å². The summed E-state index contributed by atoms with van der Waals surface area (Å²) in [5, 5.41) is 3.83. The van der Waals surface area contributed by atoms with E-state index in [9.17, 15) is 9.18 Å². The van der Waals surface area contributed by atoms with Crippen molar-refractivity contribution in [1.82, 2.24) is 10.3 Å². The highest BCUT2D eigenvalue weighted by Crippen LogP contribution is 2.26. The van der Waals surface area contributed by atoms with E-state index in [0.717, 1.165) is 47.2 Å². The van der Waals surface area contributed by atoms with E-state index in [0.29, 0.717) is 19.4 Å². The number of ether oxygens (including phenoxy) is 1. The molecule has 0 atom stereocenters. The van der Waals surface area contributed by atoms with Gasteiger partial charge in [-0.05, 0) is 53.8 Å². The number of aromatic amines is 1. The Bertz CT molecular complexity index is 948. The summed E-state index contributed by atoms with van der Waals surface area (Å²) in [5.41, 5.74) is 4.32. The van der Waals surface area contributed by atoms with Crippen molar-refractivity contribution in [3.05, 3.63) is 65.1 Å². The Morgan fingerprint density at radius 2 is 2.12 bits per heavy atom. The Hall–Kier alpha value is -2.82. The molecule has 0 saturated heterocycles. The lowest BCUT2D eigenvalue weighted by Crippen LogP contribution is -2.25. The molecule has 0 radical (unpaired) electrons. The van der Waals surface area contributed by atoms with E-state index in [1.54, 1.807) is 6.07 Å². The molecule has 0 spiro atoms. The molecular weight excluding hydrogens is 331 g/mol. The van der Waals surface area contributed by atoms with Crippen molar-refractivity contribution in [2.24, 2.45) is 0 Å². The Morgan fingerprint density at radius 3 is 3.04 bits per heavy atom. The highest BCUT2D eigenvalue weighted by molar-refractivity contribution is 5.83. The third-order valence-corrected chi connectivity index (χ3v) is 4.84. The van der Waals surface area contributed by atoms with Gasteiger partial charge in [-0.3, -0.25) is 4.79 Å². The predicted molar refractivity (Wildman–Crippen MR) is 98.9 cm³/mol. The SMILES string of the molecule is O=C(CCc1ccc2c(c1)CCO2)NCCc1c[nH]c2ccc(F)cc12. The second kappa shape index (κ2) is 7.20. The van der Waals surface area contributed by atoms with Crippen LogP contribution in [0.25, 0.3) is 10.9 Å². The molecule has 134 valence electrons. The number of hydrogen-bond acceptors (Lipinski definition) is 2. The van der Waals surface area contributed by atoms with Crippen LogP contribution in [0.1, 0.15) is 23.1 Å². The molecule has 1 amide bonds. The van der Waals surface area contributed by atoms with Crippen LogP contribution in [0.5, 0.6) is 5.75 Å². The second-order valence-corrected chi connectivity index (χ2v) is 6.64. The molecule has 4 nitrogen and oxygen atoms in total. The standard InChI is InChI=1S/C21H21FN2O2/c22-17-3-4-19-18(12-17)16(13-24-19)7-9-23-21(25)6-2-14-1-5-20-15(11-14)8-10-26-20/h1,3-5,11-13,24H,2,6-10H2,(H,23,25). The van der Waals surface area contributed by atoms with Crippen molar-refractivity contribution in [1.29, 1.82) is 0 Å². The van der Waals surface area contributed by atoms with Crippen molar-refractivity contribution in [2.75, 3.05) is 13.2 Å². The van der Waals surface area contributed by atoms with Gasteiger partial charge in [0.15, 0.2) is 0 Å². The number of fused-ring (bicyclic) bond motifs is 2. The van der Waals surface area contributed by atoms with Crippen molar-refractivity contribution >= 4 is 16.8 Å². The molecule has 0 bridgehead atoms. The van der Waals surface area contributed by atoms with Gasteiger partial charge in [0.1, 0.15) is 11.6 Å². The van der Waals surface area contributed by atoms with Gasteiger partial charge < -0.3 is 15.0 Å². The number of carbonyl (C=O) groups excluding carboxylic acids is 1. The van der Waals surface area contributed by atoms with E-state index >= 15 is 0 Å². The van der Waals surface area contributed by atoms with Crippen molar-refractivity contribution in [3.8, 4) is 5.75 Å². The fraction of sp³-hybridized carbons (Fsp3) is 0.286. The smallest absolute Gasteiger partial charge is 0.220 e. The normalized spacial score (nSPS) is 12.8. The van der Waals surface area contributed by atoms with Gasteiger partial charge in [0.2, 0.25) is 5.91 Å². The lowest BCUT2D eigenvalue weighted by molar-refractivity contribution is -0.121. The first kappa shape index (κ1) is 16.6. The molecule has 0 aliphatic carbocycles. The highest BCUT2D eigenvalue weighted by atomic mass is 19.1. The highest BCUT2D eigenvalue weighted by Gasteiger charge is 2.12. The largest absolute Gasteiger partial charge is 0.493 e. The summed E-state index contributed by atoms with van der Waals surface area (Å²) >= 11 is 0. The molecule has 2 heterocycles. The fourth-order valence-corrected chi connectivity index (χ4v) is 3.44. The molecule has 1 aliphatic heterocycles. The third kappa shape index (κ3) is 3.57. The van der Waals surface area contributed by atoms with Gasteiger partial charge in [-0.2, -0.15) is 0 Å². The Balaban J connectivity index is 1.27. The quantitative estimate of drug-likeness (QED) is 0.713. The maximum atomic E-state index is 13.4. The lowest BCUT2D eigenvalue weighted by Gasteiger charge is -2.06. The van der Waals surface area contributed by atoms with Crippen LogP contribution >= 0.6 is 0 Å². The second-order valence-electron chi connectivity index (χ2n) is 6.64. The topological polar surface area (TPSA) is 54.1 Å². The molecule has 4 rings (SSSR count). The summed E-state index contributed by atoms with van der Waals surface area (Å²) in [6.45, 7) is 1.29. The Kier molecular flexibility index (Phi) is 4.61. The van der Waals surface area contributed by atoms with Crippen LogP contribution in [0.2, 0.25) is 0 Å². The fourth-order valence-electron chi connectivity index (χ4n) is 3.44. The first-order valence-corrected chi connectivity index (χ1v) is 8.96. The molecule has 0 unspecified atom stereocenters. The first-order valence-electron chi connectivity index (χ1n) is 8.96. The van der Waals surface area contributed by atoms with Gasteiger partial charge in [-0.1, -0.05) is 12.1 Å². The molecule has 2 aromatic carbocycles. The monoisotopic (exact) mass is 352 g/mol. The molecule has 0 saturated carbocycles. The number of amides is 1. The van der Waals surface area contributed by atoms with Gasteiger partial charge in [-0.15, -0.1) is 0 Å². The zero-order valence-electron chi connectivity index (χ0n) is 14.5. The number of rotatable bonds is 6. The maximum Gasteiger partial charge on any atom is 0.220 e. The minimum Gasteiger partial charge on any atom is -0.493 e. The third-order valence-electron chi connectivity index (χ3n) is 4.84. The van der Waals surface area contributed by atoms with Gasteiger partial charge in [0.25, 0.3) is 0 Å². The van der Waals surface area contributed by atoms with Gasteiger partial charge in [0.05, 0.1) is 6.61 Å². The zero-order valence-corrected chi connectivity index (χ0v) is 14.5. The molecule has 0 fully saturated rings. The molecular formula is C21H21FN2O2. The minimum atomic E-state index is -0.248. The van der Waals surface area contributed by atoms with Crippen molar-refractivity contribution in [2.45, 2.75) is 25.7 Å². The number of benzene rings is 2. The molecule has 1 aliphatic rings. The van der Waals surface area contributed by atoms with Crippen LogP contribution in [0.4, 0.5) is 4.39 Å². The number of nitrogens with one attached hydrogen (secondary N) is 2. The van der Waals surface area contributed by atoms with E-state index in [2.05, 4.69) is 16.4 Å². The number of aromatic nitrogens is 1. The summed E-state index contributed by atoms with van der Waals surface area (Å²) in [5.74, 6) is 0.753. The first-order chi connectivity index (χ1) is 12.7. The average Bonchev–Trinajstić information content (AvgIpc) is 3.26. The number of hydrogen-bond donors (Lipinski definition) is 2. The summed E-state index contributed by atoms with van der Waals surface area (Å²) in [4.78, 5) is 15.2. The van der Waals surface area contributed by atoms with Crippen molar-refractivity contribution in [3.63, 3.8) is 0 Å². The summed E-state index contributed by atoms with van der Waals surface area (Å²) in [6, 6.07) is 10.9. The van der Waals surface area contributed by atoms with E-state index in [1.165, 1.54) is 17.7 Å². The Morgan fingerprint density at radius 1 is 1.19 bits per heavy atom. The van der Waals surface area contributed by atoms with Crippen LogP contribution in [-0.2, 0) is 24.1 Å². The van der Waals surface area contributed by atoms with Gasteiger partial charge in [0, 0.05) is 36.5 Å². The number of halogens is 1. The summed E-state index contributed by atoms with van der Waals surface area (Å²) in [6.07, 6.45) is 4.68. The van der Waals surface area contributed by atoms with E-state index in [-0.39, 0.29) is 11.7 Å². The number of carbonyl (C=O) groups is 1. The number of H-pyrrole nitrogens is 1. The molecule has 5 heteroatoms. The average molecular weight is 352 g/mol. The van der Waals surface area contributed by atoms with Gasteiger partial charge >= 0.3 is 0 Å². The maximum absolute atomic E-state index is 13.4. The van der Waals surface area contributed by atoms with E-state index < -0.39 is 0 Å². The molecule has 2 N–H and O–H groups in total. The molecule has 1 aromatic heterocycles. The minimum absolute atomic E-state index is 0.0350.